The van der Waals surface area contributed by atoms with Crippen LogP contribution in [-0.4, -0.2) is 20.9 Å². The van der Waals surface area contributed by atoms with E-state index in [-0.39, 0.29) is 11.8 Å². The molecule has 8 heteroatoms. The summed E-state index contributed by atoms with van der Waals surface area (Å²) in [7, 11) is 7.29. The van der Waals surface area contributed by atoms with Crippen molar-refractivity contribution in [3.8, 4) is 0 Å². The maximum Gasteiger partial charge on any atom is 0.292 e. The molecule has 8 nitrogen and oxygen atoms in total. The van der Waals surface area contributed by atoms with Crippen molar-refractivity contribution in [1.82, 2.24) is 9.13 Å². The SMILES string of the molecule is Cn1cc[n+](C)c1/C([O-])=N/c1ccc(Cc2ccc(/N=C(\[O-])c3n(C)cc[n+]3C)cc2)cc1. The molecule has 0 atom stereocenters. The van der Waals surface area contributed by atoms with Gasteiger partial charge < -0.3 is 10.2 Å². The van der Waals surface area contributed by atoms with Gasteiger partial charge in [0.05, 0.1) is 51.4 Å². The first-order valence-electron chi connectivity index (χ1n) is 10.5. The Morgan fingerprint density at radius 1 is 0.697 bits per heavy atom. The molecule has 2 aromatic heterocycles. The standard InChI is InChI=1S/C25H26N6O2/c1-28-13-14-29(2)24(28)22(32)26-20-9-5-18(6-10-20)17-19-7-11-21(12-8-19)27-23(33)25-30(3)15-16-31(25)4/h5-16H,17H2,1-4H3. The molecule has 0 amide bonds. The predicted molar refractivity (Wildman–Crippen MR) is 121 cm³/mol. The van der Waals surface area contributed by atoms with Gasteiger partial charge in [-0.15, -0.1) is 0 Å². The van der Waals surface area contributed by atoms with E-state index in [2.05, 4.69) is 9.98 Å². The van der Waals surface area contributed by atoms with Gasteiger partial charge in [0.15, 0.2) is 0 Å². The average Bonchev–Trinajstić information content (AvgIpc) is 3.30. The summed E-state index contributed by atoms with van der Waals surface area (Å²) in [6, 6.07) is 15.2. The Kier molecular flexibility index (Phi) is 6.08. The van der Waals surface area contributed by atoms with Gasteiger partial charge in [-0.1, -0.05) is 24.3 Å². The zero-order valence-electron chi connectivity index (χ0n) is 19.1. The first-order chi connectivity index (χ1) is 15.8. The lowest BCUT2D eigenvalue weighted by Crippen LogP contribution is -2.39. The lowest BCUT2D eigenvalue weighted by atomic mass is 10.0. The van der Waals surface area contributed by atoms with Gasteiger partial charge in [0.25, 0.3) is 11.6 Å². The van der Waals surface area contributed by atoms with E-state index >= 15 is 0 Å². The van der Waals surface area contributed by atoms with Gasteiger partial charge in [-0.3, -0.25) is 9.98 Å². The molecule has 0 radical (unpaired) electrons. The van der Waals surface area contributed by atoms with Crippen molar-refractivity contribution < 1.29 is 19.3 Å². The zero-order chi connectivity index (χ0) is 23.5. The fourth-order valence-electron chi connectivity index (χ4n) is 3.73. The topological polar surface area (TPSA) is 88.5 Å². The number of aliphatic imine (C=N–C) groups is 2. The molecule has 0 bridgehead atoms. The Balaban J connectivity index is 1.44. The van der Waals surface area contributed by atoms with E-state index in [1.165, 1.54) is 0 Å². The maximum absolute atomic E-state index is 12.5. The van der Waals surface area contributed by atoms with Crippen LogP contribution in [0.4, 0.5) is 11.4 Å². The third-order valence-electron chi connectivity index (χ3n) is 5.49. The minimum absolute atomic E-state index is 0.282. The lowest BCUT2D eigenvalue weighted by Gasteiger charge is -2.09. The Labute approximate surface area is 192 Å². The average molecular weight is 443 g/mol. The van der Waals surface area contributed by atoms with E-state index in [0.29, 0.717) is 23.0 Å². The Hall–Kier alpha value is -4.20. The van der Waals surface area contributed by atoms with Crippen molar-refractivity contribution in [1.29, 1.82) is 0 Å². The molecule has 0 aliphatic carbocycles. The van der Waals surface area contributed by atoms with E-state index in [1.807, 2.05) is 102 Å². The molecule has 0 N–H and O–H groups in total. The summed E-state index contributed by atoms with van der Waals surface area (Å²) in [5.41, 5.74) is 3.43. The van der Waals surface area contributed by atoms with Crippen molar-refractivity contribution >= 4 is 23.2 Å². The molecule has 0 aliphatic rings. The molecule has 0 unspecified atom stereocenters. The summed E-state index contributed by atoms with van der Waals surface area (Å²) in [5, 5.41) is 24.9. The molecule has 0 fully saturated rings. The van der Waals surface area contributed by atoms with E-state index in [1.54, 1.807) is 18.3 Å². The van der Waals surface area contributed by atoms with Crippen molar-refractivity contribution in [2.75, 3.05) is 0 Å². The zero-order valence-corrected chi connectivity index (χ0v) is 19.1. The summed E-state index contributed by atoms with van der Waals surface area (Å²) in [6.45, 7) is 0. The molecular weight excluding hydrogens is 416 g/mol. The minimum atomic E-state index is -0.282. The summed E-state index contributed by atoms with van der Waals surface area (Å²) in [4.78, 5) is 8.43. The normalized spacial score (nSPS) is 12.4. The number of hydrogen-bond donors (Lipinski definition) is 0. The van der Waals surface area contributed by atoms with E-state index in [4.69, 9.17) is 0 Å². The Morgan fingerprint density at radius 3 is 1.36 bits per heavy atom. The monoisotopic (exact) mass is 442 g/mol. The predicted octanol–water partition coefficient (Wildman–Crippen LogP) is 0.481. The number of benzene rings is 2. The molecule has 33 heavy (non-hydrogen) atoms. The highest BCUT2D eigenvalue weighted by Crippen LogP contribution is 2.19. The summed E-state index contributed by atoms with van der Waals surface area (Å²) in [6.07, 6.45) is 8.01. The van der Waals surface area contributed by atoms with Crippen LogP contribution in [-0.2, 0) is 34.6 Å². The first-order valence-corrected chi connectivity index (χ1v) is 10.5. The third-order valence-corrected chi connectivity index (χ3v) is 5.49. The van der Waals surface area contributed by atoms with Crippen LogP contribution in [0.5, 0.6) is 0 Å². The van der Waals surface area contributed by atoms with Crippen molar-refractivity contribution in [2.45, 2.75) is 6.42 Å². The van der Waals surface area contributed by atoms with E-state index < -0.39 is 0 Å². The number of rotatable bonds is 6. The smallest absolute Gasteiger partial charge is 0.292 e. The van der Waals surface area contributed by atoms with Crippen LogP contribution >= 0.6 is 0 Å². The van der Waals surface area contributed by atoms with Gasteiger partial charge in [0.1, 0.15) is 24.8 Å². The Morgan fingerprint density at radius 2 is 1.06 bits per heavy atom. The quantitative estimate of drug-likeness (QED) is 0.247. The number of aromatic nitrogens is 4. The van der Waals surface area contributed by atoms with E-state index in [0.717, 1.165) is 17.5 Å². The molecule has 4 rings (SSSR count). The third kappa shape index (κ3) is 4.85. The van der Waals surface area contributed by atoms with E-state index in [9.17, 15) is 10.2 Å². The highest BCUT2D eigenvalue weighted by Gasteiger charge is 2.12. The van der Waals surface area contributed by atoms with Crippen molar-refractivity contribution in [2.24, 2.45) is 38.2 Å². The fraction of sp³-hybridized carbons (Fsp3) is 0.200. The molecule has 168 valence electrons. The number of nitrogens with zero attached hydrogens (tertiary/aromatic N) is 6. The van der Waals surface area contributed by atoms with Gasteiger partial charge in [-0.2, -0.15) is 0 Å². The molecule has 0 saturated heterocycles. The summed E-state index contributed by atoms with van der Waals surface area (Å²) < 4.78 is 7.01. The summed E-state index contributed by atoms with van der Waals surface area (Å²) >= 11 is 0. The van der Waals surface area contributed by atoms with Crippen LogP contribution in [0.15, 0.2) is 83.3 Å². The minimum Gasteiger partial charge on any atom is -0.853 e. The first kappa shape index (κ1) is 22.0. The fourth-order valence-corrected chi connectivity index (χ4v) is 3.73. The highest BCUT2D eigenvalue weighted by atomic mass is 16.3. The van der Waals surface area contributed by atoms with Gasteiger partial charge in [0.2, 0.25) is 0 Å². The van der Waals surface area contributed by atoms with Crippen LogP contribution in [0, 0.1) is 0 Å². The van der Waals surface area contributed by atoms with Gasteiger partial charge in [-0.25, -0.2) is 18.3 Å². The van der Waals surface area contributed by atoms with Crippen LogP contribution < -0.4 is 19.3 Å². The second-order valence-electron chi connectivity index (χ2n) is 8.03. The Bertz CT molecular complexity index is 1190. The maximum atomic E-state index is 12.5. The second kappa shape index (κ2) is 9.12. The van der Waals surface area contributed by atoms with Crippen LogP contribution in [0.2, 0.25) is 0 Å². The molecule has 2 aromatic carbocycles. The summed E-state index contributed by atoms with van der Waals surface area (Å²) in [5.74, 6) is 0.471. The van der Waals surface area contributed by atoms with Crippen LogP contribution in [0.25, 0.3) is 0 Å². The highest BCUT2D eigenvalue weighted by molar-refractivity contribution is 5.88. The number of imidazole rings is 2. The largest absolute Gasteiger partial charge is 0.853 e. The van der Waals surface area contributed by atoms with Gasteiger partial charge >= 0.3 is 0 Å². The molecule has 4 aromatic rings. The van der Waals surface area contributed by atoms with Crippen LogP contribution in [0.1, 0.15) is 22.8 Å². The molecule has 0 spiro atoms. The van der Waals surface area contributed by atoms with Crippen molar-refractivity contribution in [3.63, 3.8) is 0 Å². The van der Waals surface area contributed by atoms with Crippen LogP contribution in [0.3, 0.4) is 0 Å². The molecular formula is C25H26N6O2. The second-order valence-corrected chi connectivity index (χ2v) is 8.03. The molecule has 2 heterocycles. The molecule has 0 aliphatic heterocycles. The van der Waals surface area contributed by atoms with Gasteiger partial charge in [-0.05, 0) is 41.8 Å². The van der Waals surface area contributed by atoms with Crippen molar-refractivity contribution in [3.05, 3.63) is 96.1 Å². The van der Waals surface area contributed by atoms with Gasteiger partial charge in [0, 0.05) is 0 Å². The lowest BCUT2D eigenvalue weighted by molar-refractivity contribution is -0.674. The number of aryl methyl sites for hydroxylation is 4. The number of hydrogen-bond acceptors (Lipinski definition) is 4. The molecule has 0 saturated carbocycles.